The maximum Gasteiger partial charge on any atom is 0.306 e. The van der Waals surface area contributed by atoms with Gasteiger partial charge >= 0.3 is 11.9 Å². The van der Waals surface area contributed by atoms with Gasteiger partial charge in [0.2, 0.25) is 0 Å². The molecule has 0 aromatic carbocycles. The molecule has 0 saturated heterocycles. The van der Waals surface area contributed by atoms with Gasteiger partial charge in [0.05, 0.1) is 0 Å². The van der Waals surface area contributed by atoms with Gasteiger partial charge in [-0.1, -0.05) is 226 Å². The molecule has 1 unspecified atom stereocenters. The molecule has 4 nitrogen and oxygen atoms in total. The zero-order chi connectivity index (χ0) is 36.4. The molecule has 0 aromatic rings. The monoisotopic (exact) mass is 707 g/mol. The van der Waals surface area contributed by atoms with E-state index in [1.54, 1.807) is 0 Å². The number of ether oxygens (including phenoxy) is 1. The van der Waals surface area contributed by atoms with Gasteiger partial charge in [0.1, 0.15) is 6.10 Å². The fraction of sp³-hybridized carbons (Fsp3) is 0.957. The number of rotatable bonds is 43. The van der Waals surface area contributed by atoms with Crippen LogP contribution in [0.2, 0.25) is 0 Å². The van der Waals surface area contributed by atoms with Gasteiger partial charge in [-0.3, -0.25) is 9.59 Å². The average molecular weight is 707 g/mol. The summed E-state index contributed by atoms with van der Waals surface area (Å²) >= 11 is 0. The third-order valence-electron chi connectivity index (χ3n) is 10.8. The van der Waals surface area contributed by atoms with E-state index in [2.05, 4.69) is 13.8 Å². The van der Waals surface area contributed by atoms with Gasteiger partial charge in [0.15, 0.2) is 0 Å². The highest BCUT2D eigenvalue weighted by Gasteiger charge is 2.14. The molecule has 0 aliphatic heterocycles. The highest BCUT2D eigenvalue weighted by Crippen LogP contribution is 2.20. The number of carbonyl (C=O) groups is 2. The highest BCUT2D eigenvalue weighted by molar-refractivity contribution is 5.69. The van der Waals surface area contributed by atoms with Crippen LogP contribution < -0.4 is 0 Å². The second-order valence-electron chi connectivity index (χ2n) is 16.0. The lowest BCUT2D eigenvalue weighted by molar-refractivity contribution is -0.150. The lowest BCUT2D eigenvalue weighted by Gasteiger charge is -2.18. The molecular formula is C46H90O4. The van der Waals surface area contributed by atoms with E-state index < -0.39 is 5.97 Å². The van der Waals surface area contributed by atoms with Gasteiger partial charge in [-0.2, -0.15) is 0 Å². The standard InChI is InChI=1S/C46H90O4/c1-3-5-7-9-11-13-15-17-19-20-21-22-24-26-28-30-35-39-43-46(49)50-44(41-37-33-31-34-38-42-45(47)48)40-36-32-29-27-25-23-18-16-14-12-10-8-6-4-2/h44H,3-43H2,1-2H3,(H,47,48). The molecule has 0 saturated carbocycles. The molecule has 0 aliphatic rings. The molecule has 0 amide bonds. The summed E-state index contributed by atoms with van der Waals surface area (Å²) in [5.41, 5.74) is 0. The summed E-state index contributed by atoms with van der Waals surface area (Å²) in [6.45, 7) is 4.58. The number of carboxylic acids is 1. The van der Waals surface area contributed by atoms with Gasteiger partial charge < -0.3 is 9.84 Å². The van der Waals surface area contributed by atoms with Crippen molar-refractivity contribution in [2.24, 2.45) is 0 Å². The number of unbranched alkanes of at least 4 members (excludes halogenated alkanes) is 34. The minimum absolute atomic E-state index is 0.0123. The number of aliphatic carboxylic acids is 1. The Balaban J connectivity index is 3.91. The Hall–Kier alpha value is -1.06. The van der Waals surface area contributed by atoms with E-state index in [1.165, 1.54) is 186 Å². The zero-order valence-corrected chi connectivity index (χ0v) is 34.2. The van der Waals surface area contributed by atoms with Gasteiger partial charge in [-0.15, -0.1) is 0 Å². The lowest BCUT2D eigenvalue weighted by Crippen LogP contribution is -2.18. The van der Waals surface area contributed by atoms with E-state index in [4.69, 9.17) is 9.84 Å². The van der Waals surface area contributed by atoms with E-state index in [9.17, 15) is 9.59 Å². The van der Waals surface area contributed by atoms with Crippen molar-refractivity contribution < 1.29 is 19.4 Å². The van der Waals surface area contributed by atoms with Crippen LogP contribution in [-0.2, 0) is 14.3 Å². The summed E-state index contributed by atoms with van der Waals surface area (Å²) in [5, 5.41) is 8.85. The Morgan fingerprint density at radius 2 is 0.600 bits per heavy atom. The fourth-order valence-corrected chi connectivity index (χ4v) is 7.42. The summed E-state index contributed by atoms with van der Waals surface area (Å²) in [4.78, 5) is 23.5. The average Bonchev–Trinajstić information content (AvgIpc) is 3.10. The van der Waals surface area contributed by atoms with Crippen LogP contribution in [0.1, 0.15) is 277 Å². The Morgan fingerprint density at radius 1 is 0.360 bits per heavy atom. The molecule has 0 aromatic heterocycles. The quantitative estimate of drug-likeness (QED) is 0.0506. The van der Waals surface area contributed by atoms with Crippen LogP contribution in [0.3, 0.4) is 0 Å². The van der Waals surface area contributed by atoms with Crippen molar-refractivity contribution in [1.82, 2.24) is 0 Å². The van der Waals surface area contributed by atoms with Crippen LogP contribution in [-0.4, -0.2) is 23.1 Å². The molecule has 0 bridgehead atoms. The Morgan fingerprint density at radius 3 is 0.880 bits per heavy atom. The normalized spacial score (nSPS) is 12.0. The van der Waals surface area contributed by atoms with Crippen molar-refractivity contribution in [3.63, 3.8) is 0 Å². The molecule has 1 atom stereocenters. The van der Waals surface area contributed by atoms with Crippen molar-refractivity contribution in [2.45, 2.75) is 283 Å². The zero-order valence-electron chi connectivity index (χ0n) is 34.2. The minimum atomic E-state index is -0.694. The first kappa shape index (κ1) is 48.9. The van der Waals surface area contributed by atoms with Crippen LogP contribution >= 0.6 is 0 Å². The van der Waals surface area contributed by atoms with Crippen molar-refractivity contribution in [2.75, 3.05) is 0 Å². The first-order valence-electron chi connectivity index (χ1n) is 23.0. The summed E-state index contributed by atoms with van der Waals surface area (Å²) in [7, 11) is 0. The molecule has 0 radical (unpaired) electrons. The molecule has 0 aliphatic carbocycles. The molecule has 50 heavy (non-hydrogen) atoms. The maximum atomic E-state index is 12.7. The van der Waals surface area contributed by atoms with Gasteiger partial charge in [-0.05, 0) is 38.5 Å². The number of carbonyl (C=O) groups excluding carboxylic acids is 1. The van der Waals surface area contributed by atoms with Crippen molar-refractivity contribution in [3.8, 4) is 0 Å². The number of hydrogen-bond acceptors (Lipinski definition) is 3. The maximum absolute atomic E-state index is 12.7. The van der Waals surface area contributed by atoms with Gasteiger partial charge in [0.25, 0.3) is 0 Å². The first-order chi connectivity index (χ1) is 24.6. The second-order valence-corrected chi connectivity index (χ2v) is 16.0. The van der Waals surface area contributed by atoms with E-state index in [1.807, 2.05) is 0 Å². The SMILES string of the molecule is CCCCCCCCCCCCCCCCCCCCC(=O)OC(CCCCCCCCCCCCCCCC)CCCCCCCC(=O)O. The molecule has 0 fully saturated rings. The molecule has 0 rings (SSSR count). The second kappa shape index (κ2) is 42.4. The van der Waals surface area contributed by atoms with Crippen LogP contribution in [0.4, 0.5) is 0 Å². The lowest BCUT2D eigenvalue weighted by atomic mass is 10.0. The molecule has 1 N–H and O–H groups in total. The predicted octanol–water partition coefficient (Wildman–Crippen LogP) is 16.0. The van der Waals surface area contributed by atoms with Crippen molar-refractivity contribution in [3.05, 3.63) is 0 Å². The van der Waals surface area contributed by atoms with E-state index in [0.29, 0.717) is 6.42 Å². The van der Waals surface area contributed by atoms with E-state index in [-0.39, 0.29) is 18.5 Å². The van der Waals surface area contributed by atoms with E-state index in [0.717, 1.165) is 64.2 Å². The van der Waals surface area contributed by atoms with Gasteiger partial charge in [-0.25, -0.2) is 0 Å². The number of hydrogen-bond donors (Lipinski definition) is 1. The number of esters is 1. The predicted molar refractivity (Wildman–Crippen MR) is 218 cm³/mol. The number of carboxylic acid groups (broad SMARTS) is 1. The molecule has 0 spiro atoms. The first-order valence-corrected chi connectivity index (χ1v) is 23.0. The van der Waals surface area contributed by atoms with Gasteiger partial charge in [0, 0.05) is 12.8 Å². The smallest absolute Gasteiger partial charge is 0.306 e. The highest BCUT2D eigenvalue weighted by atomic mass is 16.5. The molecular weight excluding hydrogens is 617 g/mol. The van der Waals surface area contributed by atoms with Crippen molar-refractivity contribution in [1.29, 1.82) is 0 Å². The van der Waals surface area contributed by atoms with Crippen molar-refractivity contribution >= 4 is 11.9 Å². The Bertz CT molecular complexity index is 677. The molecule has 4 heteroatoms. The summed E-state index contributed by atoms with van der Waals surface area (Å²) in [6.07, 6.45) is 51.4. The summed E-state index contributed by atoms with van der Waals surface area (Å²) in [6, 6.07) is 0. The van der Waals surface area contributed by atoms with Crippen LogP contribution in [0.15, 0.2) is 0 Å². The Labute approximate surface area is 313 Å². The summed E-state index contributed by atoms with van der Waals surface area (Å²) in [5.74, 6) is -0.682. The van der Waals surface area contributed by atoms with Crippen LogP contribution in [0, 0.1) is 0 Å². The third-order valence-corrected chi connectivity index (χ3v) is 10.8. The largest absolute Gasteiger partial charge is 0.481 e. The van der Waals surface area contributed by atoms with Crippen LogP contribution in [0.5, 0.6) is 0 Å². The minimum Gasteiger partial charge on any atom is -0.481 e. The molecule has 0 heterocycles. The Kier molecular flexibility index (Phi) is 41.5. The third kappa shape index (κ3) is 41.4. The van der Waals surface area contributed by atoms with Crippen LogP contribution in [0.25, 0.3) is 0 Å². The fourth-order valence-electron chi connectivity index (χ4n) is 7.42. The topological polar surface area (TPSA) is 63.6 Å². The van der Waals surface area contributed by atoms with E-state index >= 15 is 0 Å². The summed E-state index contributed by atoms with van der Waals surface area (Å²) < 4.78 is 6.04. The molecule has 298 valence electrons.